The molecule has 0 aliphatic carbocycles. The van der Waals surface area contributed by atoms with E-state index in [4.69, 9.17) is 0 Å². The van der Waals surface area contributed by atoms with E-state index >= 15 is 0 Å². The molecule has 0 saturated heterocycles. The van der Waals surface area contributed by atoms with Crippen LogP contribution >= 0.6 is 0 Å². The number of benzene rings is 1. The number of likely N-dealkylation sites (N-methyl/N-ethyl adjacent to an activating group) is 1. The molecule has 0 spiro atoms. The first-order valence-electron chi connectivity index (χ1n) is 6.15. The monoisotopic (exact) mass is 241 g/mol. The summed E-state index contributed by atoms with van der Waals surface area (Å²) in [5.41, 5.74) is 0.575. The van der Waals surface area contributed by atoms with Gasteiger partial charge in [-0.25, -0.2) is 8.78 Å². The van der Waals surface area contributed by atoms with Gasteiger partial charge in [-0.05, 0) is 30.0 Å². The van der Waals surface area contributed by atoms with E-state index in [1.54, 1.807) is 6.07 Å². The van der Waals surface area contributed by atoms with Crippen LogP contribution in [-0.4, -0.2) is 12.6 Å². The van der Waals surface area contributed by atoms with Crippen molar-refractivity contribution in [2.45, 2.75) is 39.7 Å². The van der Waals surface area contributed by atoms with E-state index in [0.717, 1.165) is 12.6 Å². The minimum absolute atomic E-state index is 0.0237. The van der Waals surface area contributed by atoms with E-state index in [0.29, 0.717) is 11.5 Å². The minimum Gasteiger partial charge on any atom is -0.313 e. The molecule has 1 rings (SSSR count). The van der Waals surface area contributed by atoms with Crippen molar-refractivity contribution < 1.29 is 8.78 Å². The molecule has 0 aliphatic heterocycles. The predicted octanol–water partition coefficient (Wildman–Crippen LogP) is 3.70. The van der Waals surface area contributed by atoms with Gasteiger partial charge in [-0.1, -0.05) is 33.8 Å². The molecule has 0 amide bonds. The first kappa shape index (κ1) is 14.1. The fourth-order valence-corrected chi connectivity index (χ4v) is 2.29. The molecule has 1 N–H and O–H groups in total. The second-order valence-corrected chi connectivity index (χ2v) is 4.78. The molecule has 0 aliphatic rings. The summed E-state index contributed by atoms with van der Waals surface area (Å²) in [6, 6.07) is 4.01. The number of rotatable bonds is 5. The van der Waals surface area contributed by atoms with Gasteiger partial charge >= 0.3 is 0 Å². The second kappa shape index (κ2) is 6.10. The van der Waals surface area contributed by atoms with Gasteiger partial charge in [-0.15, -0.1) is 0 Å². The molecule has 3 heteroatoms. The second-order valence-electron chi connectivity index (χ2n) is 4.78. The lowest BCUT2D eigenvalue weighted by Gasteiger charge is -2.28. The maximum Gasteiger partial charge on any atom is 0.129 e. The Morgan fingerprint density at radius 3 is 2.29 bits per heavy atom. The third-order valence-corrected chi connectivity index (χ3v) is 3.15. The highest BCUT2D eigenvalue weighted by Crippen LogP contribution is 2.26. The topological polar surface area (TPSA) is 12.0 Å². The third-order valence-electron chi connectivity index (χ3n) is 3.15. The molecule has 2 unspecified atom stereocenters. The summed E-state index contributed by atoms with van der Waals surface area (Å²) in [5.74, 6) is -0.561. The highest BCUT2D eigenvalue weighted by atomic mass is 19.1. The lowest BCUT2D eigenvalue weighted by Crippen LogP contribution is -2.38. The first-order valence-corrected chi connectivity index (χ1v) is 6.15. The summed E-state index contributed by atoms with van der Waals surface area (Å²) >= 11 is 0. The molecule has 0 aromatic heterocycles. The van der Waals surface area contributed by atoms with E-state index in [2.05, 4.69) is 19.2 Å². The molecule has 17 heavy (non-hydrogen) atoms. The predicted molar refractivity (Wildman–Crippen MR) is 67.1 cm³/mol. The van der Waals surface area contributed by atoms with Gasteiger partial charge in [0.2, 0.25) is 0 Å². The van der Waals surface area contributed by atoms with Crippen LogP contribution in [0.5, 0.6) is 0 Å². The Kier molecular flexibility index (Phi) is 5.06. The van der Waals surface area contributed by atoms with Crippen molar-refractivity contribution in [3.8, 4) is 0 Å². The average Bonchev–Trinajstić information content (AvgIpc) is 2.24. The van der Waals surface area contributed by atoms with Crippen LogP contribution in [0, 0.1) is 17.6 Å². The van der Waals surface area contributed by atoms with Gasteiger partial charge in [-0.3, -0.25) is 0 Å². The van der Waals surface area contributed by atoms with Gasteiger partial charge in [0, 0.05) is 12.1 Å². The Morgan fingerprint density at radius 2 is 1.82 bits per heavy atom. The van der Waals surface area contributed by atoms with Gasteiger partial charge in [-0.2, -0.15) is 0 Å². The smallest absolute Gasteiger partial charge is 0.129 e. The summed E-state index contributed by atoms with van der Waals surface area (Å²) in [7, 11) is 0. The third kappa shape index (κ3) is 3.50. The normalized spacial score (nSPS) is 15.0. The standard InChI is InChI=1S/C14H21F2N/c1-5-17-14(9(2)3)10(4)12-7-6-11(15)8-13(12)16/h6-10,14,17H,5H2,1-4H3. The molecule has 2 atom stereocenters. The van der Waals surface area contributed by atoms with Crippen LogP contribution in [-0.2, 0) is 0 Å². The molecule has 0 heterocycles. The van der Waals surface area contributed by atoms with Crippen molar-refractivity contribution in [2.75, 3.05) is 6.54 Å². The van der Waals surface area contributed by atoms with Crippen molar-refractivity contribution in [3.05, 3.63) is 35.4 Å². The summed E-state index contributed by atoms with van der Waals surface area (Å²) in [6.07, 6.45) is 0. The van der Waals surface area contributed by atoms with E-state index in [-0.39, 0.29) is 12.0 Å². The minimum atomic E-state index is -0.525. The Hall–Kier alpha value is -0.960. The van der Waals surface area contributed by atoms with Crippen LogP contribution in [0.2, 0.25) is 0 Å². The largest absolute Gasteiger partial charge is 0.313 e. The van der Waals surface area contributed by atoms with Crippen molar-refractivity contribution in [1.82, 2.24) is 5.32 Å². The maximum absolute atomic E-state index is 13.7. The molecular weight excluding hydrogens is 220 g/mol. The number of nitrogens with one attached hydrogen (secondary N) is 1. The lowest BCUT2D eigenvalue weighted by atomic mass is 9.86. The quantitative estimate of drug-likeness (QED) is 0.828. The van der Waals surface area contributed by atoms with Gasteiger partial charge in [0.15, 0.2) is 0 Å². The van der Waals surface area contributed by atoms with E-state index in [9.17, 15) is 8.78 Å². The Morgan fingerprint density at radius 1 is 1.18 bits per heavy atom. The zero-order valence-corrected chi connectivity index (χ0v) is 10.9. The molecule has 1 aromatic carbocycles. The van der Waals surface area contributed by atoms with Crippen LogP contribution in [0.25, 0.3) is 0 Å². The first-order chi connectivity index (χ1) is 7.97. The number of hydrogen-bond donors (Lipinski definition) is 1. The number of halogens is 2. The number of hydrogen-bond acceptors (Lipinski definition) is 1. The Labute approximate surface area is 102 Å². The van der Waals surface area contributed by atoms with Gasteiger partial charge in [0.05, 0.1) is 0 Å². The molecule has 0 radical (unpaired) electrons. The Balaban J connectivity index is 2.96. The molecule has 0 bridgehead atoms. The molecule has 0 saturated carbocycles. The van der Waals surface area contributed by atoms with Crippen LogP contribution in [0.15, 0.2) is 18.2 Å². The molecule has 1 aromatic rings. The van der Waals surface area contributed by atoms with Gasteiger partial charge in [0.1, 0.15) is 11.6 Å². The Bertz CT molecular complexity index is 363. The van der Waals surface area contributed by atoms with Crippen molar-refractivity contribution in [2.24, 2.45) is 5.92 Å². The van der Waals surface area contributed by atoms with Crippen molar-refractivity contribution >= 4 is 0 Å². The molecule has 0 fully saturated rings. The van der Waals surface area contributed by atoms with E-state index in [1.165, 1.54) is 6.07 Å². The zero-order valence-electron chi connectivity index (χ0n) is 10.9. The lowest BCUT2D eigenvalue weighted by molar-refractivity contribution is 0.354. The highest BCUT2D eigenvalue weighted by Gasteiger charge is 2.23. The molecule has 1 nitrogen and oxygen atoms in total. The van der Waals surface area contributed by atoms with Crippen LogP contribution in [0.3, 0.4) is 0 Å². The van der Waals surface area contributed by atoms with Crippen LogP contribution in [0.1, 0.15) is 39.2 Å². The van der Waals surface area contributed by atoms with Gasteiger partial charge < -0.3 is 5.32 Å². The average molecular weight is 241 g/mol. The summed E-state index contributed by atoms with van der Waals surface area (Å²) in [6.45, 7) is 9.05. The fraction of sp³-hybridized carbons (Fsp3) is 0.571. The van der Waals surface area contributed by atoms with Crippen LogP contribution < -0.4 is 5.32 Å². The molecular formula is C14H21F2N. The van der Waals surface area contributed by atoms with Crippen molar-refractivity contribution in [1.29, 1.82) is 0 Å². The van der Waals surface area contributed by atoms with Gasteiger partial charge in [0.25, 0.3) is 0 Å². The van der Waals surface area contributed by atoms with Crippen LogP contribution in [0.4, 0.5) is 8.78 Å². The van der Waals surface area contributed by atoms with E-state index in [1.807, 2.05) is 13.8 Å². The zero-order chi connectivity index (χ0) is 13.0. The SMILES string of the molecule is CCNC(C(C)C)C(C)c1ccc(F)cc1F. The summed E-state index contributed by atoms with van der Waals surface area (Å²) in [4.78, 5) is 0. The van der Waals surface area contributed by atoms with Crippen molar-refractivity contribution in [3.63, 3.8) is 0 Å². The molecule has 96 valence electrons. The maximum atomic E-state index is 13.7. The summed E-state index contributed by atoms with van der Waals surface area (Å²) in [5, 5.41) is 3.36. The van der Waals surface area contributed by atoms with E-state index < -0.39 is 11.6 Å². The fourth-order valence-electron chi connectivity index (χ4n) is 2.29. The summed E-state index contributed by atoms with van der Waals surface area (Å²) < 4.78 is 26.6. The highest BCUT2D eigenvalue weighted by molar-refractivity contribution is 5.23.